The Morgan fingerprint density at radius 3 is 2.92 bits per heavy atom. The number of carbonyl (C=O) groups is 1. The van der Waals surface area contributed by atoms with Crippen LogP contribution in [0.4, 0.5) is 0 Å². The summed E-state index contributed by atoms with van der Waals surface area (Å²) in [5, 5.41) is 9.74. The molecule has 1 amide bonds. The number of rotatable bonds is 4. The minimum atomic E-state index is -0.0668. The Balaban J connectivity index is 1.41. The molecular weight excluding hydrogens is 372 g/mol. The standard InChI is InChI=1S/C17H19ClN6OS/c18-12-1-2-15-13(9-12)20-16(26-15)11-3-6-23(7-4-11)17(25)14-10-24(8-5-19)22-21-14/h1-2,9-11H,3-8,19H2. The summed E-state index contributed by atoms with van der Waals surface area (Å²) in [4.78, 5) is 19.2. The van der Waals surface area contributed by atoms with Crippen LogP contribution in [-0.2, 0) is 6.54 Å². The van der Waals surface area contributed by atoms with Crippen molar-refractivity contribution in [2.45, 2.75) is 25.3 Å². The first-order valence-corrected chi connectivity index (χ1v) is 9.79. The van der Waals surface area contributed by atoms with Crippen LogP contribution in [0.1, 0.15) is 34.3 Å². The largest absolute Gasteiger partial charge is 0.337 e. The zero-order chi connectivity index (χ0) is 18.1. The van der Waals surface area contributed by atoms with Gasteiger partial charge in [-0.3, -0.25) is 9.48 Å². The van der Waals surface area contributed by atoms with Gasteiger partial charge in [-0.2, -0.15) is 0 Å². The first kappa shape index (κ1) is 17.4. The van der Waals surface area contributed by atoms with Crippen LogP contribution in [-0.4, -0.2) is 50.4 Å². The van der Waals surface area contributed by atoms with E-state index in [1.54, 1.807) is 22.2 Å². The average Bonchev–Trinajstić information content (AvgIpc) is 3.28. The third kappa shape index (κ3) is 3.44. The summed E-state index contributed by atoms with van der Waals surface area (Å²) in [5.41, 5.74) is 6.83. The Kier molecular flexibility index (Phi) is 4.88. The fraction of sp³-hybridized carbons (Fsp3) is 0.412. The van der Waals surface area contributed by atoms with Crippen molar-refractivity contribution < 1.29 is 4.79 Å². The van der Waals surface area contributed by atoms with Gasteiger partial charge in [0.1, 0.15) is 0 Å². The highest BCUT2D eigenvalue weighted by Crippen LogP contribution is 2.34. The first-order chi connectivity index (χ1) is 12.6. The van der Waals surface area contributed by atoms with E-state index in [1.807, 2.05) is 23.1 Å². The van der Waals surface area contributed by atoms with Gasteiger partial charge in [-0.25, -0.2) is 4.98 Å². The molecule has 3 aromatic rings. The van der Waals surface area contributed by atoms with Crippen LogP contribution in [0.25, 0.3) is 10.2 Å². The van der Waals surface area contributed by atoms with Gasteiger partial charge in [0.05, 0.1) is 28.0 Å². The van der Waals surface area contributed by atoms with Crippen molar-refractivity contribution in [3.8, 4) is 0 Å². The Morgan fingerprint density at radius 2 is 2.15 bits per heavy atom. The molecule has 0 bridgehead atoms. The minimum Gasteiger partial charge on any atom is -0.337 e. The van der Waals surface area contributed by atoms with Crippen molar-refractivity contribution in [3.63, 3.8) is 0 Å². The number of nitrogens with two attached hydrogens (primary N) is 1. The number of nitrogens with zero attached hydrogens (tertiary/aromatic N) is 5. The van der Waals surface area contributed by atoms with E-state index in [-0.39, 0.29) is 5.91 Å². The summed E-state index contributed by atoms with van der Waals surface area (Å²) in [7, 11) is 0. The van der Waals surface area contributed by atoms with Crippen molar-refractivity contribution in [1.29, 1.82) is 0 Å². The number of piperidine rings is 1. The number of amides is 1. The number of fused-ring (bicyclic) bond motifs is 1. The average molecular weight is 391 g/mol. The van der Waals surface area contributed by atoms with Crippen molar-refractivity contribution in [1.82, 2.24) is 24.9 Å². The monoisotopic (exact) mass is 390 g/mol. The van der Waals surface area contributed by atoms with Crippen LogP contribution < -0.4 is 5.73 Å². The third-order valence-corrected chi connectivity index (χ3v) is 6.05. The summed E-state index contributed by atoms with van der Waals surface area (Å²) in [5.74, 6) is 0.311. The zero-order valence-corrected chi connectivity index (χ0v) is 15.7. The fourth-order valence-corrected chi connectivity index (χ4v) is 4.51. The third-order valence-electron chi connectivity index (χ3n) is 4.61. The second-order valence-electron chi connectivity index (χ2n) is 6.39. The van der Waals surface area contributed by atoms with Crippen LogP contribution >= 0.6 is 22.9 Å². The van der Waals surface area contributed by atoms with Gasteiger partial charge >= 0.3 is 0 Å². The molecule has 1 aliphatic rings. The highest BCUT2D eigenvalue weighted by molar-refractivity contribution is 7.18. The topological polar surface area (TPSA) is 89.9 Å². The van der Waals surface area contributed by atoms with Crippen LogP contribution in [0, 0.1) is 0 Å². The number of benzene rings is 1. The Bertz CT molecular complexity index is 930. The molecule has 1 fully saturated rings. The van der Waals surface area contributed by atoms with Crippen LogP contribution in [0.15, 0.2) is 24.4 Å². The zero-order valence-electron chi connectivity index (χ0n) is 14.1. The van der Waals surface area contributed by atoms with E-state index >= 15 is 0 Å². The molecule has 0 atom stereocenters. The predicted octanol–water partition coefficient (Wildman–Crippen LogP) is 2.52. The molecule has 4 rings (SSSR count). The summed E-state index contributed by atoms with van der Waals surface area (Å²) in [6.45, 7) is 2.42. The van der Waals surface area contributed by atoms with Crippen LogP contribution in [0.2, 0.25) is 5.02 Å². The highest BCUT2D eigenvalue weighted by atomic mass is 35.5. The van der Waals surface area contributed by atoms with Gasteiger partial charge in [0.15, 0.2) is 5.69 Å². The molecule has 7 nitrogen and oxygen atoms in total. The molecule has 9 heteroatoms. The number of likely N-dealkylation sites (tertiary alicyclic amines) is 1. The van der Waals surface area contributed by atoms with E-state index in [4.69, 9.17) is 22.3 Å². The summed E-state index contributed by atoms with van der Waals surface area (Å²) >= 11 is 7.76. The van der Waals surface area contributed by atoms with Crippen LogP contribution in [0.5, 0.6) is 0 Å². The maximum absolute atomic E-state index is 12.6. The minimum absolute atomic E-state index is 0.0668. The molecule has 1 saturated heterocycles. The lowest BCUT2D eigenvalue weighted by Gasteiger charge is -2.30. The second-order valence-corrected chi connectivity index (χ2v) is 7.88. The van der Waals surface area contributed by atoms with Crippen LogP contribution in [0.3, 0.4) is 0 Å². The van der Waals surface area contributed by atoms with Crippen molar-refractivity contribution >= 4 is 39.1 Å². The highest BCUT2D eigenvalue weighted by Gasteiger charge is 2.27. The Morgan fingerprint density at radius 1 is 1.35 bits per heavy atom. The van der Waals surface area contributed by atoms with E-state index in [0.29, 0.717) is 42.8 Å². The molecule has 0 saturated carbocycles. The van der Waals surface area contributed by atoms with Crippen molar-refractivity contribution in [2.24, 2.45) is 5.73 Å². The van der Waals surface area contributed by atoms with Gasteiger partial charge in [-0.05, 0) is 31.0 Å². The second kappa shape index (κ2) is 7.30. The Hall–Kier alpha value is -2.03. The van der Waals surface area contributed by atoms with Gasteiger partial charge in [-0.1, -0.05) is 16.8 Å². The lowest BCUT2D eigenvalue weighted by Crippen LogP contribution is -2.38. The van der Waals surface area contributed by atoms with Gasteiger partial charge in [0, 0.05) is 30.6 Å². The predicted molar refractivity (Wildman–Crippen MR) is 102 cm³/mol. The van der Waals surface area contributed by atoms with Gasteiger partial charge in [0.25, 0.3) is 5.91 Å². The molecule has 0 spiro atoms. The smallest absolute Gasteiger partial charge is 0.276 e. The summed E-state index contributed by atoms with van der Waals surface area (Å²) in [6, 6.07) is 5.81. The lowest BCUT2D eigenvalue weighted by atomic mass is 9.97. The number of thiazole rings is 1. The SMILES string of the molecule is NCCn1cc(C(=O)N2CCC(c3nc4cc(Cl)ccc4s3)CC2)nn1. The Labute approximate surface area is 159 Å². The maximum atomic E-state index is 12.6. The van der Waals surface area contributed by atoms with E-state index in [2.05, 4.69) is 10.3 Å². The molecule has 1 aromatic carbocycles. The summed E-state index contributed by atoms with van der Waals surface area (Å²) in [6.07, 6.45) is 3.46. The number of hydrogen-bond acceptors (Lipinski definition) is 6. The lowest BCUT2D eigenvalue weighted by molar-refractivity contribution is 0.0707. The van der Waals surface area contributed by atoms with E-state index in [0.717, 1.165) is 28.1 Å². The molecular formula is C17H19ClN6OS. The van der Waals surface area contributed by atoms with E-state index in [1.165, 1.54) is 0 Å². The maximum Gasteiger partial charge on any atom is 0.276 e. The first-order valence-electron chi connectivity index (χ1n) is 8.59. The molecule has 2 N–H and O–H groups in total. The molecule has 0 radical (unpaired) electrons. The molecule has 26 heavy (non-hydrogen) atoms. The number of aromatic nitrogens is 4. The molecule has 136 valence electrons. The van der Waals surface area contributed by atoms with Gasteiger partial charge in [0.2, 0.25) is 0 Å². The van der Waals surface area contributed by atoms with Gasteiger partial charge in [-0.15, -0.1) is 16.4 Å². The number of carbonyl (C=O) groups excluding carboxylic acids is 1. The summed E-state index contributed by atoms with van der Waals surface area (Å²) < 4.78 is 2.76. The fourth-order valence-electron chi connectivity index (χ4n) is 3.22. The molecule has 2 aromatic heterocycles. The number of halogens is 1. The molecule has 3 heterocycles. The van der Waals surface area contributed by atoms with Crippen molar-refractivity contribution in [3.05, 3.63) is 40.1 Å². The quantitative estimate of drug-likeness (QED) is 0.739. The molecule has 1 aliphatic heterocycles. The van der Waals surface area contributed by atoms with Gasteiger partial charge < -0.3 is 10.6 Å². The molecule has 0 aliphatic carbocycles. The normalized spacial score (nSPS) is 15.7. The number of hydrogen-bond donors (Lipinski definition) is 1. The van der Waals surface area contributed by atoms with E-state index < -0.39 is 0 Å². The van der Waals surface area contributed by atoms with Crippen molar-refractivity contribution in [2.75, 3.05) is 19.6 Å². The molecule has 0 unspecified atom stereocenters. The van der Waals surface area contributed by atoms with E-state index in [9.17, 15) is 4.79 Å².